The van der Waals surface area contributed by atoms with Gasteiger partial charge in [-0.05, 0) is 11.1 Å². The Hall–Kier alpha value is -3.13. The molecule has 0 saturated carbocycles. The largest absolute Gasteiger partial charge is 0.334 e. The molecule has 0 spiro atoms. The SMILES string of the molecule is Cn1c(Cc2ccccc2)nnc1SCC(=O)NC(=O)NCc1ccccc1. The van der Waals surface area contributed by atoms with Gasteiger partial charge in [-0.15, -0.1) is 10.2 Å². The fraction of sp³-hybridized carbons (Fsp3) is 0.200. The minimum absolute atomic E-state index is 0.0794. The zero-order chi connectivity index (χ0) is 19.8. The van der Waals surface area contributed by atoms with Crippen molar-refractivity contribution in [2.45, 2.75) is 18.1 Å². The predicted molar refractivity (Wildman–Crippen MR) is 108 cm³/mol. The van der Waals surface area contributed by atoms with Gasteiger partial charge in [-0.1, -0.05) is 72.4 Å². The van der Waals surface area contributed by atoms with Gasteiger partial charge in [0.1, 0.15) is 5.82 Å². The summed E-state index contributed by atoms with van der Waals surface area (Å²) in [4.78, 5) is 23.8. The highest BCUT2D eigenvalue weighted by Gasteiger charge is 2.13. The van der Waals surface area contributed by atoms with Crippen LogP contribution in [0.2, 0.25) is 0 Å². The molecule has 0 aliphatic heterocycles. The summed E-state index contributed by atoms with van der Waals surface area (Å²) >= 11 is 1.24. The van der Waals surface area contributed by atoms with Gasteiger partial charge in [0.15, 0.2) is 5.16 Å². The number of benzene rings is 2. The van der Waals surface area contributed by atoms with Crippen LogP contribution < -0.4 is 10.6 Å². The third-order valence-electron chi connectivity index (χ3n) is 4.01. The number of imide groups is 1. The second-order valence-electron chi connectivity index (χ2n) is 6.13. The van der Waals surface area contributed by atoms with Crippen molar-refractivity contribution >= 4 is 23.7 Å². The lowest BCUT2D eigenvalue weighted by Crippen LogP contribution is -2.39. The van der Waals surface area contributed by atoms with Gasteiger partial charge < -0.3 is 9.88 Å². The number of amides is 3. The standard InChI is InChI=1S/C20H21N5O2S/c1-25-17(12-15-8-4-2-5-9-15)23-24-20(25)28-14-18(26)22-19(27)21-13-16-10-6-3-7-11-16/h2-11H,12-14H2,1H3,(H2,21,22,26,27). The Labute approximate surface area is 167 Å². The lowest BCUT2D eigenvalue weighted by atomic mass is 10.1. The van der Waals surface area contributed by atoms with Crippen molar-refractivity contribution in [2.75, 3.05) is 5.75 Å². The maximum Gasteiger partial charge on any atom is 0.321 e. The maximum atomic E-state index is 12.0. The molecule has 0 fully saturated rings. The molecule has 0 aliphatic rings. The number of nitrogens with zero attached hydrogens (tertiary/aromatic N) is 3. The highest BCUT2D eigenvalue weighted by atomic mass is 32.2. The van der Waals surface area contributed by atoms with Gasteiger partial charge in [0.25, 0.3) is 0 Å². The zero-order valence-corrected chi connectivity index (χ0v) is 16.3. The summed E-state index contributed by atoms with van der Waals surface area (Å²) in [5.41, 5.74) is 2.10. The number of aromatic nitrogens is 3. The van der Waals surface area contributed by atoms with Gasteiger partial charge in [0.2, 0.25) is 5.91 Å². The smallest absolute Gasteiger partial charge is 0.321 e. The van der Waals surface area contributed by atoms with E-state index in [0.29, 0.717) is 18.1 Å². The molecule has 3 amide bonds. The molecule has 0 bridgehead atoms. The molecule has 0 aliphatic carbocycles. The number of hydrogen-bond acceptors (Lipinski definition) is 5. The summed E-state index contributed by atoms with van der Waals surface area (Å²) in [6.45, 7) is 0.360. The number of rotatable bonds is 7. The number of carbonyl (C=O) groups is 2. The fourth-order valence-corrected chi connectivity index (χ4v) is 3.25. The van der Waals surface area contributed by atoms with E-state index >= 15 is 0 Å². The first-order valence-electron chi connectivity index (χ1n) is 8.78. The van der Waals surface area contributed by atoms with Crippen molar-refractivity contribution in [3.63, 3.8) is 0 Å². The van der Waals surface area contributed by atoms with E-state index in [-0.39, 0.29) is 11.7 Å². The number of carbonyl (C=O) groups excluding carboxylic acids is 2. The van der Waals surface area contributed by atoms with Crippen LogP contribution in [-0.4, -0.2) is 32.5 Å². The van der Waals surface area contributed by atoms with Crippen molar-refractivity contribution in [3.8, 4) is 0 Å². The topological polar surface area (TPSA) is 88.9 Å². The Morgan fingerprint density at radius 3 is 2.29 bits per heavy atom. The van der Waals surface area contributed by atoms with E-state index in [9.17, 15) is 9.59 Å². The zero-order valence-electron chi connectivity index (χ0n) is 15.5. The molecule has 28 heavy (non-hydrogen) atoms. The minimum Gasteiger partial charge on any atom is -0.334 e. The Bertz CT molecular complexity index is 928. The first-order valence-corrected chi connectivity index (χ1v) is 9.77. The molecule has 2 aromatic carbocycles. The van der Waals surface area contributed by atoms with Crippen LogP contribution >= 0.6 is 11.8 Å². The molecule has 144 valence electrons. The van der Waals surface area contributed by atoms with E-state index in [1.165, 1.54) is 11.8 Å². The van der Waals surface area contributed by atoms with E-state index in [1.54, 1.807) is 0 Å². The monoisotopic (exact) mass is 395 g/mol. The molecular weight excluding hydrogens is 374 g/mol. The van der Waals surface area contributed by atoms with E-state index < -0.39 is 6.03 Å². The first kappa shape index (κ1) is 19.6. The molecule has 0 radical (unpaired) electrons. The fourth-order valence-electron chi connectivity index (χ4n) is 2.52. The molecule has 2 N–H and O–H groups in total. The van der Waals surface area contributed by atoms with Crippen molar-refractivity contribution in [2.24, 2.45) is 7.05 Å². The highest BCUT2D eigenvalue weighted by molar-refractivity contribution is 7.99. The Kier molecular flexibility index (Phi) is 6.80. The third-order valence-corrected chi connectivity index (χ3v) is 5.03. The quantitative estimate of drug-likeness (QED) is 0.600. The summed E-state index contributed by atoms with van der Waals surface area (Å²) in [6.07, 6.45) is 0.666. The number of urea groups is 1. The molecule has 3 rings (SSSR count). The van der Waals surface area contributed by atoms with Gasteiger partial charge in [0.05, 0.1) is 5.75 Å². The van der Waals surface area contributed by atoms with Crippen LogP contribution in [0.5, 0.6) is 0 Å². The lowest BCUT2D eigenvalue weighted by Gasteiger charge is -2.07. The second kappa shape index (κ2) is 9.70. The second-order valence-corrected chi connectivity index (χ2v) is 7.07. The van der Waals surface area contributed by atoms with Gasteiger partial charge in [-0.2, -0.15) is 0 Å². The van der Waals surface area contributed by atoms with Crippen molar-refractivity contribution in [3.05, 3.63) is 77.6 Å². The lowest BCUT2D eigenvalue weighted by molar-refractivity contribution is -0.117. The predicted octanol–water partition coefficient (Wildman–Crippen LogP) is 2.52. The summed E-state index contributed by atoms with van der Waals surface area (Å²) in [5, 5.41) is 13.9. The number of nitrogens with one attached hydrogen (secondary N) is 2. The Morgan fingerprint density at radius 2 is 1.61 bits per heavy atom. The first-order chi connectivity index (χ1) is 13.6. The molecule has 0 unspecified atom stereocenters. The van der Waals surface area contributed by atoms with Gasteiger partial charge in [0, 0.05) is 20.0 Å². The van der Waals surface area contributed by atoms with Gasteiger partial charge in [-0.3, -0.25) is 10.1 Å². The molecular formula is C20H21N5O2S. The van der Waals surface area contributed by atoms with Crippen LogP contribution in [0.1, 0.15) is 17.0 Å². The van der Waals surface area contributed by atoms with Crippen LogP contribution in [0, 0.1) is 0 Å². The molecule has 8 heteroatoms. The van der Waals surface area contributed by atoms with Gasteiger partial charge >= 0.3 is 6.03 Å². The summed E-state index contributed by atoms with van der Waals surface area (Å²) in [6, 6.07) is 19.0. The maximum absolute atomic E-state index is 12.0. The molecule has 0 atom stereocenters. The molecule has 7 nitrogen and oxygen atoms in total. The average molecular weight is 395 g/mol. The molecule has 1 aromatic heterocycles. The molecule has 1 heterocycles. The average Bonchev–Trinajstić information content (AvgIpc) is 3.06. The Balaban J connectivity index is 1.45. The van der Waals surface area contributed by atoms with E-state index in [2.05, 4.69) is 20.8 Å². The third kappa shape index (κ3) is 5.68. The van der Waals surface area contributed by atoms with Crippen LogP contribution in [-0.2, 0) is 24.8 Å². The van der Waals surface area contributed by atoms with Crippen LogP contribution in [0.25, 0.3) is 0 Å². The normalized spacial score (nSPS) is 10.5. The minimum atomic E-state index is -0.516. The number of thioether (sulfide) groups is 1. The van der Waals surface area contributed by atoms with Crippen molar-refractivity contribution in [1.82, 2.24) is 25.4 Å². The van der Waals surface area contributed by atoms with Crippen LogP contribution in [0.4, 0.5) is 4.79 Å². The van der Waals surface area contributed by atoms with Crippen molar-refractivity contribution < 1.29 is 9.59 Å². The van der Waals surface area contributed by atoms with Crippen LogP contribution in [0.15, 0.2) is 65.8 Å². The molecule has 3 aromatic rings. The summed E-state index contributed by atoms with van der Waals surface area (Å²) in [7, 11) is 1.87. The van der Waals surface area contributed by atoms with E-state index in [0.717, 1.165) is 17.0 Å². The summed E-state index contributed by atoms with van der Waals surface area (Å²) < 4.78 is 1.86. The highest BCUT2D eigenvalue weighted by Crippen LogP contribution is 2.17. The molecule has 0 saturated heterocycles. The van der Waals surface area contributed by atoms with E-state index in [4.69, 9.17) is 0 Å². The van der Waals surface area contributed by atoms with E-state index in [1.807, 2.05) is 72.3 Å². The van der Waals surface area contributed by atoms with Crippen molar-refractivity contribution in [1.29, 1.82) is 0 Å². The van der Waals surface area contributed by atoms with Gasteiger partial charge in [-0.25, -0.2) is 4.79 Å². The number of hydrogen-bond donors (Lipinski definition) is 2. The summed E-state index contributed by atoms with van der Waals surface area (Å²) in [5.74, 6) is 0.508. The van der Waals surface area contributed by atoms with Crippen LogP contribution in [0.3, 0.4) is 0 Å². The Morgan fingerprint density at radius 1 is 0.964 bits per heavy atom.